The van der Waals surface area contributed by atoms with Crippen LogP contribution in [0.15, 0.2) is 18.2 Å². The number of Topliss-reactive ketones (excluding diaryl/α,β-unsaturated/α-hetero) is 1. The van der Waals surface area contributed by atoms with Gasteiger partial charge < -0.3 is 0 Å². The molecular weight excluding hydrogens is 270 g/mol. The predicted octanol–water partition coefficient (Wildman–Crippen LogP) is 5.17. The molecule has 21 heavy (non-hydrogen) atoms. The molecule has 0 fully saturated rings. The van der Waals surface area contributed by atoms with Crippen molar-refractivity contribution in [3.63, 3.8) is 0 Å². The number of ketones is 1. The van der Waals surface area contributed by atoms with E-state index in [0.717, 1.165) is 12.5 Å². The molecule has 1 aromatic rings. The fraction of sp³-hybridized carbons (Fsp3) is 0.611. The average molecular weight is 296 g/mol. The Morgan fingerprint density at radius 2 is 1.57 bits per heavy atom. The smallest absolute Gasteiger partial charge is 0.136 e. The van der Waals surface area contributed by atoms with Crippen molar-refractivity contribution in [3.8, 4) is 0 Å². The van der Waals surface area contributed by atoms with E-state index in [4.69, 9.17) is 0 Å². The molecule has 0 radical (unpaired) electrons. The molecule has 1 nitrogen and oxygen atoms in total. The lowest BCUT2D eigenvalue weighted by Crippen LogP contribution is -2.19. The summed E-state index contributed by atoms with van der Waals surface area (Å²) in [5, 5.41) is 0. The van der Waals surface area contributed by atoms with E-state index in [1.54, 1.807) is 0 Å². The normalized spacial score (nSPS) is 13.0. The fourth-order valence-corrected chi connectivity index (χ4v) is 2.64. The number of benzene rings is 1. The third kappa shape index (κ3) is 6.83. The first-order chi connectivity index (χ1) is 9.77. The van der Waals surface area contributed by atoms with Crippen LogP contribution in [-0.4, -0.2) is 5.78 Å². The van der Waals surface area contributed by atoms with Crippen LogP contribution in [0, 0.1) is 29.4 Å². The van der Waals surface area contributed by atoms with Gasteiger partial charge in [0.05, 0.1) is 0 Å². The highest BCUT2D eigenvalue weighted by atomic mass is 19.1. The minimum atomic E-state index is -0.557. The summed E-state index contributed by atoms with van der Waals surface area (Å²) in [6.07, 6.45) is 2.61. The molecule has 0 spiro atoms. The molecule has 1 rings (SSSR count). The monoisotopic (exact) mass is 296 g/mol. The number of carbonyl (C=O) groups excluding carboxylic acids is 1. The first kappa shape index (κ1) is 17.8. The molecule has 1 unspecified atom stereocenters. The van der Waals surface area contributed by atoms with Crippen LogP contribution in [0.5, 0.6) is 0 Å². The van der Waals surface area contributed by atoms with Crippen LogP contribution < -0.4 is 0 Å². The molecule has 0 aliphatic rings. The third-order valence-electron chi connectivity index (χ3n) is 3.52. The fourth-order valence-electron chi connectivity index (χ4n) is 2.64. The summed E-state index contributed by atoms with van der Waals surface area (Å²) in [6, 6.07) is 3.57. The standard InChI is InChI=1S/C18H26F2O/c1-12(2)7-15(18(21)8-13(3)4)6-5-14-9-16(19)11-17(20)10-14/h9-13,15H,5-8H2,1-4H3. The maximum Gasteiger partial charge on any atom is 0.136 e. The molecular formula is C18H26F2O. The summed E-state index contributed by atoms with van der Waals surface area (Å²) in [5.41, 5.74) is 0.624. The topological polar surface area (TPSA) is 17.1 Å². The molecule has 1 aromatic carbocycles. The van der Waals surface area contributed by atoms with Crippen molar-refractivity contribution in [2.75, 3.05) is 0 Å². The van der Waals surface area contributed by atoms with Gasteiger partial charge in [0.1, 0.15) is 17.4 Å². The minimum Gasteiger partial charge on any atom is -0.299 e. The summed E-state index contributed by atoms with van der Waals surface area (Å²) in [5.74, 6) is -0.0683. The van der Waals surface area contributed by atoms with Crippen molar-refractivity contribution >= 4 is 5.78 Å². The number of hydrogen-bond acceptors (Lipinski definition) is 1. The average Bonchev–Trinajstić information content (AvgIpc) is 2.31. The Kier molecular flexibility index (Phi) is 7.00. The Hall–Kier alpha value is -1.25. The molecule has 0 aliphatic heterocycles. The van der Waals surface area contributed by atoms with Gasteiger partial charge in [0.2, 0.25) is 0 Å². The zero-order chi connectivity index (χ0) is 16.0. The molecule has 0 amide bonds. The Balaban J connectivity index is 2.70. The van der Waals surface area contributed by atoms with Crippen LogP contribution >= 0.6 is 0 Å². The first-order valence-electron chi connectivity index (χ1n) is 7.75. The van der Waals surface area contributed by atoms with Gasteiger partial charge in [0.15, 0.2) is 0 Å². The van der Waals surface area contributed by atoms with Gasteiger partial charge in [0, 0.05) is 18.4 Å². The van der Waals surface area contributed by atoms with Gasteiger partial charge in [-0.3, -0.25) is 4.79 Å². The van der Waals surface area contributed by atoms with Gasteiger partial charge in [-0.25, -0.2) is 8.78 Å². The van der Waals surface area contributed by atoms with E-state index < -0.39 is 11.6 Å². The van der Waals surface area contributed by atoms with E-state index in [0.29, 0.717) is 36.7 Å². The quantitative estimate of drug-likeness (QED) is 0.646. The van der Waals surface area contributed by atoms with E-state index in [1.807, 2.05) is 13.8 Å². The van der Waals surface area contributed by atoms with Gasteiger partial charge in [0.25, 0.3) is 0 Å². The first-order valence-corrected chi connectivity index (χ1v) is 7.75. The van der Waals surface area contributed by atoms with Crippen LogP contribution in [0.1, 0.15) is 52.5 Å². The largest absolute Gasteiger partial charge is 0.299 e. The van der Waals surface area contributed by atoms with Gasteiger partial charge in [-0.15, -0.1) is 0 Å². The lowest BCUT2D eigenvalue weighted by molar-refractivity contribution is -0.124. The lowest BCUT2D eigenvalue weighted by Gasteiger charge is -2.19. The summed E-state index contributed by atoms with van der Waals surface area (Å²) in [4.78, 5) is 12.3. The number of hydrogen-bond donors (Lipinski definition) is 0. The zero-order valence-corrected chi connectivity index (χ0v) is 13.5. The van der Waals surface area contributed by atoms with Crippen LogP contribution in [0.4, 0.5) is 8.78 Å². The Morgan fingerprint density at radius 1 is 1.00 bits per heavy atom. The molecule has 0 saturated heterocycles. The lowest BCUT2D eigenvalue weighted by atomic mass is 9.85. The number of aryl methyl sites for hydroxylation is 1. The van der Waals surface area contributed by atoms with E-state index in [9.17, 15) is 13.6 Å². The van der Waals surface area contributed by atoms with E-state index in [-0.39, 0.29) is 11.7 Å². The second kappa shape index (κ2) is 8.26. The zero-order valence-electron chi connectivity index (χ0n) is 13.5. The van der Waals surface area contributed by atoms with Gasteiger partial charge in [-0.2, -0.15) is 0 Å². The Labute approximate surface area is 126 Å². The van der Waals surface area contributed by atoms with Crippen LogP contribution in [0.3, 0.4) is 0 Å². The Bertz CT molecular complexity index is 446. The van der Waals surface area contributed by atoms with Crippen molar-refractivity contribution in [1.29, 1.82) is 0 Å². The highest BCUT2D eigenvalue weighted by molar-refractivity contribution is 5.81. The molecule has 0 bridgehead atoms. The second-order valence-corrected chi connectivity index (χ2v) is 6.71. The maximum absolute atomic E-state index is 13.2. The summed E-state index contributed by atoms with van der Waals surface area (Å²) in [7, 11) is 0. The highest BCUT2D eigenvalue weighted by Crippen LogP contribution is 2.22. The van der Waals surface area contributed by atoms with E-state index in [2.05, 4.69) is 13.8 Å². The highest BCUT2D eigenvalue weighted by Gasteiger charge is 2.20. The van der Waals surface area contributed by atoms with Crippen LogP contribution in [0.2, 0.25) is 0 Å². The van der Waals surface area contributed by atoms with Gasteiger partial charge in [-0.1, -0.05) is 27.7 Å². The molecule has 0 saturated carbocycles. The SMILES string of the molecule is CC(C)CC(=O)C(CCc1cc(F)cc(F)c1)CC(C)C. The number of halogens is 2. The van der Waals surface area contributed by atoms with E-state index in [1.165, 1.54) is 12.1 Å². The summed E-state index contributed by atoms with van der Waals surface area (Å²) < 4.78 is 26.4. The molecule has 0 N–H and O–H groups in total. The van der Waals surface area contributed by atoms with Crippen molar-refractivity contribution in [3.05, 3.63) is 35.4 Å². The molecule has 118 valence electrons. The Morgan fingerprint density at radius 3 is 2.05 bits per heavy atom. The molecule has 0 heterocycles. The van der Waals surface area contributed by atoms with Crippen LogP contribution in [-0.2, 0) is 11.2 Å². The van der Waals surface area contributed by atoms with Crippen molar-refractivity contribution in [2.45, 2.75) is 53.4 Å². The van der Waals surface area contributed by atoms with Gasteiger partial charge in [-0.05, 0) is 48.8 Å². The van der Waals surface area contributed by atoms with Crippen LogP contribution in [0.25, 0.3) is 0 Å². The van der Waals surface area contributed by atoms with Crippen molar-refractivity contribution in [1.82, 2.24) is 0 Å². The summed E-state index contributed by atoms with van der Waals surface area (Å²) >= 11 is 0. The molecule has 3 heteroatoms. The van der Waals surface area contributed by atoms with Gasteiger partial charge >= 0.3 is 0 Å². The molecule has 0 aliphatic carbocycles. The summed E-state index contributed by atoms with van der Waals surface area (Å²) in [6.45, 7) is 8.26. The number of carbonyl (C=O) groups is 1. The minimum absolute atomic E-state index is 0.0151. The van der Waals surface area contributed by atoms with Crippen molar-refractivity contribution < 1.29 is 13.6 Å². The third-order valence-corrected chi connectivity index (χ3v) is 3.52. The maximum atomic E-state index is 13.2. The molecule has 0 aromatic heterocycles. The van der Waals surface area contributed by atoms with E-state index >= 15 is 0 Å². The van der Waals surface area contributed by atoms with Crippen molar-refractivity contribution in [2.24, 2.45) is 17.8 Å². The second-order valence-electron chi connectivity index (χ2n) is 6.71. The number of rotatable bonds is 8. The predicted molar refractivity (Wildman–Crippen MR) is 82.1 cm³/mol. The molecule has 1 atom stereocenters.